The number of alkyl halides is 2. The SMILES string of the molecule is O=[N+]([O-])c1cnc2ccc(SC(F)F)cc2c1-c1ccccc1. The van der Waals surface area contributed by atoms with E-state index in [9.17, 15) is 18.9 Å². The number of halogens is 2. The summed E-state index contributed by atoms with van der Waals surface area (Å²) in [5.74, 6) is -2.56. The van der Waals surface area contributed by atoms with Gasteiger partial charge in [0.15, 0.2) is 0 Å². The Morgan fingerprint density at radius 2 is 1.87 bits per heavy atom. The number of nitrogens with zero attached hydrogens (tertiary/aromatic N) is 2. The van der Waals surface area contributed by atoms with Gasteiger partial charge in [0.25, 0.3) is 11.4 Å². The van der Waals surface area contributed by atoms with Crippen molar-refractivity contribution >= 4 is 28.4 Å². The summed E-state index contributed by atoms with van der Waals surface area (Å²) in [6.07, 6.45) is 1.20. The molecule has 0 saturated carbocycles. The molecule has 0 amide bonds. The molecule has 2 aromatic carbocycles. The lowest BCUT2D eigenvalue weighted by Crippen LogP contribution is -1.95. The zero-order chi connectivity index (χ0) is 16.4. The van der Waals surface area contributed by atoms with Crippen LogP contribution in [0.15, 0.2) is 59.6 Å². The number of nitro groups is 1. The highest BCUT2D eigenvalue weighted by Crippen LogP contribution is 2.38. The first-order chi connectivity index (χ1) is 11.1. The number of hydrogen-bond acceptors (Lipinski definition) is 4. The van der Waals surface area contributed by atoms with Gasteiger partial charge in [-0.25, -0.2) is 4.98 Å². The molecule has 7 heteroatoms. The first-order valence-electron chi connectivity index (χ1n) is 6.63. The predicted octanol–water partition coefficient (Wildman–Crippen LogP) is 5.12. The molecule has 0 fully saturated rings. The smallest absolute Gasteiger partial charge is 0.258 e. The Morgan fingerprint density at radius 1 is 1.13 bits per heavy atom. The third kappa shape index (κ3) is 3.14. The molecule has 23 heavy (non-hydrogen) atoms. The van der Waals surface area contributed by atoms with Gasteiger partial charge >= 0.3 is 0 Å². The van der Waals surface area contributed by atoms with Crippen LogP contribution in [0.3, 0.4) is 0 Å². The maximum atomic E-state index is 12.6. The molecule has 0 aliphatic rings. The van der Waals surface area contributed by atoms with Crippen molar-refractivity contribution in [1.82, 2.24) is 4.98 Å². The van der Waals surface area contributed by atoms with Gasteiger partial charge in [-0.1, -0.05) is 42.1 Å². The molecular formula is C16H10F2N2O2S. The van der Waals surface area contributed by atoms with Gasteiger partial charge in [0.1, 0.15) is 6.20 Å². The van der Waals surface area contributed by atoms with Crippen molar-refractivity contribution in [3.8, 4) is 11.1 Å². The third-order valence-corrected chi connectivity index (χ3v) is 4.01. The van der Waals surface area contributed by atoms with Gasteiger partial charge in [-0.3, -0.25) is 10.1 Å². The summed E-state index contributed by atoms with van der Waals surface area (Å²) in [4.78, 5) is 15.2. The fourth-order valence-electron chi connectivity index (χ4n) is 2.38. The van der Waals surface area contributed by atoms with Crippen molar-refractivity contribution in [3.05, 3.63) is 64.8 Å². The summed E-state index contributed by atoms with van der Waals surface area (Å²) in [5, 5.41) is 11.8. The summed E-state index contributed by atoms with van der Waals surface area (Å²) >= 11 is 0.400. The van der Waals surface area contributed by atoms with E-state index < -0.39 is 10.7 Å². The van der Waals surface area contributed by atoms with E-state index in [0.29, 0.717) is 38.7 Å². The number of rotatable bonds is 4. The second kappa shape index (κ2) is 6.29. The zero-order valence-electron chi connectivity index (χ0n) is 11.6. The Labute approximate surface area is 134 Å². The minimum atomic E-state index is -2.56. The molecular weight excluding hydrogens is 322 g/mol. The Morgan fingerprint density at radius 3 is 2.52 bits per heavy atom. The number of fused-ring (bicyclic) bond motifs is 1. The van der Waals surface area contributed by atoms with Crippen LogP contribution in [0.1, 0.15) is 0 Å². The second-order valence-corrected chi connectivity index (χ2v) is 5.76. The molecule has 0 spiro atoms. The van der Waals surface area contributed by atoms with E-state index in [-0.39, 0.29) is 5.69 Å². The molecule has 0 bridgehead atoms. The molecule has 0 aliphatic carbocycles. The van der Waals surface area contributed by atoms with Gasteiger partial charge in [0, 0.05) is 10.3 Å². The molecule has 0 unspecified atom stereocenters. The van der Waals surface area contributed by atoms with Crippen molar-refractivity contribution < 1.29 is 13.7 Å². The lowest BCUT2D eigenvalue weighted by atomic mass is 10.00. The number of aromatic nitrogens is 1. The lowest BCUT2D eigenvalue weighted by Gasteiger charge is -2.09. The molecule has 0 atom stereocenters. The summed E-state index contributed by atoms with van der Waals surface area (Å²) in [7, 11) is 0. The van der Waals surface area contributed by atoms with Crippen molar-refractivity contribution in [2.45, 2.75) is 10.7 Å². The van der Waals surface area contributed by atoms with Gasteiger partial charge < -0.3 is 0 Å². The molecule has 0 N–H and O–H groups in total. The fraction of sp³-hybridized carbons (Fsp3) is 0.0625. The van der Waals surface area contributed by atoms with Crippen LogP contribution in [0, 0.1) is 10.1 Å². The zero-order valence-corrected chi connectivity index (χ0v) is 12.5. The Hall–Kier alpha value is -2.54. The number of hydrogen-bond donors (Lipinski definition) is 0. The summed E-state index contributed by atoms with van der Waals surface area (Å²) < 4.78 is 25.2. The van der Waals surface area contributed by atoms with Crippen molar-refractivity contribution in [3.63, 3.8) is 0 Å². The van der Waals surface area contributed by atoms with Crippen LogP contribution in [0.25, 0.3) is 22.0 Å². The van der Waals surface area contributed by atoms with E-state index in [2.05, 4.69) is 4.98 Å². The Bertz CT molecular complexity index is 873. The van der Waals surface area contributed by atoms with Crippen LogP contribution in [-0.2, 0) is 0 Å². The standard InChI is InChI=1S/C16H10F2N2O2S/c17-16(18)23-11-6-7-13-12(8-11)15(10-4-2-1-3-5-10)14(9-19-13)20(21)22/h1-9,16H. The molecule has 4 nitrogen and oxygen atoms in total. The molecule has 1 heterocycles. The van der Waals surface area contributed by atoms with Crippen LogP contribution in [0.4, 0.5) is 14.5 Å². The maximum Gasteiger partial charge on any atom is 0.295 e. The van der Waals surface area contributed by atoms with E-state index >= 15 is 0 Å². The topological polar surface area (TPSA) is 56.0 Å². The van der Waals surface area contributed by atoms with Gasteiger partial charge in [0.05, 0.1) is 16.0 Å². The highest BCUT2D eigenvalue weighted by atomic mass is 32.2. The number of pyridine rings is 1. The van der Waals surface area contributed by atoms with Crippen LogP contribution >= 0.6 is 11.8 Å². The molecule has 0 aliphatic heterocycles. The van der Waals surface area contributed by atoms with E-state index in [1.54, 1.807) is 36.4 Å². The van der Waals surface area contributed by atoms with Crippen molar-refractivity contribution in [2.24, 2.45) is 0 Å². The molecule has 0 saturated heterocycles. The van der Waals surface area contributed by atoms with Crippen LogP contribution < -0.4 is 0 Å². The average molecular weight is 332 g/mol. The summed E-state index contributed by atoms with van der Waals surface area (Å²) in [6, 6.07) is 13.5. The summed E-state index contributed by atoms with van der Waals surface area (Å²) in [6.45, 7) is 0. The van der Waals surface area contributed by atoms with Crippen molar-refractivity contribution in [2.75, 3.05) is 0 Å². The normalized spacial score (nSPS) is 11.1. The average Bonchev–Trinajstić information content (AvgIpc) is 2.53. The summed E-state index contributed by atoms with van der Waals surface area (Å²) in [5.41, 5.74) is 1.40. The van der Waals surface area contributed by atoms with Crippen LogP contribution in [0.5, 0.6) is 0 Å². The van der Waals surface area contributed by atoms with Gasteiger partial charge in [0.2, 0.25) is 0 Å². The molecule has 0 radical (unpaired) electrons. The van der Waals surface area contributed by atoms with E-state index in [1.807, 2.05) is 0 Å². The molecule has 1 aromatic heterocycles. The minimum Gasteiger partial charge on any atom is -0.258 e. The minimum absolute atomic E-state index is 0.150. The third-order valence-electron chi connectivity index (χ3n) is 3.30. The van der Waals surface area contributed by atoms with Gasteiger partial charge in [-0.15, -0.1) is 0 Å². The molecule has 3 rings (SSSR count). The highest BCUT2D eigenvalue weighted by Gasteiger charge is 2.20. The van der Waals surface area contributed by atoms with Crippen LogP contribution in [-0.4, -0.2) is 15.7 Å². The van der Waals surface area contributed by atoms with E-state index in [4.69, 9.17) is 0 Å². The Kier molecular flexibility index (Phi) is 4.20. The van der Waals surface area contributed by atoms with Crippen molar-refractivity contribution in [1.29, 1.82) is 0 Å². The van der Waals surface area contributed by atoms with E-state index in [0.717, 1.165) is 0 Å². The molecule has 3 aromatic rings. The number of benzene rings is 2. The van der Waals surface area contributed by atoms with Crippen LogP contribution in [0.2, 0.25) is 0 Å². The quantitative estimate of drug-likeness (QED) is 0.378. The first-order valence-corrected chi connectivity index (χ1v) is 7.51. The first kappa shape index (κ1) is 15.4. The Balaban J connectivity index is 2.31. The maximum absolute atomic E-state index is 12.6. The number of thioether (sulfide) groups is 1. The lowest BCUT2D eigenvalue weighted by molar-refractivity contribution is -0.384. The largest absolute Gasteiger partial charge is 0.295 e. The molecule has 116 valence electrons. The fourth-order valence-corrected chi connectivity index (χ4v) is 2.92. The van der Waals surface area contributed by atoms with Gasteiger partial charge in [-0.2, -0.15) is 8.78 Å². The highest BCUT2D eigenvalue weighted by molar-refractivity contribution is 7.99. The van der Waals surface area contributed by atoms with Gasteiger partial charge in [-0.05, 0) is 23.8 Å². The monoisotopic (exact) mass is 332 g/mol. The second-order valence-electron chi connectivity index (χ2n) is 4.70. The predicted molar refractivity (Wildman–Crippen MR) is 85.7 cm³/mol. The van der Waals surface area contributed by atoms with E-state index in [1.165, 1.54) is 18.3 Å².